The van der Waals surface area contributed by atoms with E-state index in [4.69, 9.17) is 9.47 Å². The summed E-state index contributed by atoms with van der Waals surface area (Å²) in [5, 5.41) is 2.84. The van der Waals surface area contributed by atoms with Crippen molar-refractivity contribution >= 4 is 21.6 Å². The summed E-state index contributed by atoms with van der Waals surface area (Å²) in [6, 6.07) is 23.4. The van der Waals surface area contributed by atoms with Crippen molar-refractivity contribution in [2.45, 2.75) is 19.6 Å². The Labute approximate surface area is 195 Å². The van der Waals surface area contributed by atoms with Crippen LogP contribution < -0.4 is 19.1 Å². The number of hydrogen-bond acceptors (Lipinski definition) is 5. The van der Waals surface area contributed by atoms with Crippen molar-refractivity contribution in [3.8, 4) is 11.5 Å². The number of nitrogens with one attached hydrogen (secondary N) is 1. The van der Waals surface area contributed by atoms with Crippen LogP contribution in [0.25, 0.3) is 0 Å². The molecule has 0 aliphatic carbocycles. The van der Waals surface area contributed by atoms with Gasteiger partial charge in [0.15, 0.2) is 0 Å². The maximum Gasteiger partial charge on any atom is 0.241 e. The van der Waals surface area contributed by atoms with Crippen LogP contribution in [0, 0.1) is 0 Å². The van der Waals surface area contributed by atoms with E-state index in [-0.39, 0.29) is 12.6 Å². The minimum atomic E-state index is -3.69. The predicted molar refractivity (Wildman–Crippen MR) is 129 cm³/mol. The SMILES string of the molecule is COc1ccccc1C(C)NC(=O)CN(c1ccc(OCc2ccccc2)cc1)S(C)(=O)=O. The number of carbonyl (C=O) groups is 1. The van der Waals surface area contributed by atoms with E-state index in [0.29, 0.717) is 23.8 Å². The molecule has 0 aliphatic heterocycles. The maximum absolute atomic E-state index is 12.7. The molecule has 0 fully saturated rings. The number of methoxy groups -OCH3 is 1. The third-order valence-electron chi connectivity index (χ3n) is 5.04. The number of sulfonamides is 1. The van der Waals surface area contributed by atoms with Crippen LogP contribution >= 0.6 is 0 Å². The number of para-hydroxylation sites is 1. The summed E-state index contributed by atoms with van der Waals surface area (Å²) in [5.41, 5.74) is 2.21. The van der Waals surface area contributed by atoms with Gasteiger partial charge < -0.3 is 14.8 Å². The largest absolute Gasteiger partial charge is 0.496 e. The summed E-state index contributed by atoms with van der Waals surface area (Å²) < 4.78 is 37.0. The molecule has 0 bridgehead atoms. The van der Waals surface area contributed by atoms with Gasteiger partial charge in [0.25, 0.3) is 0 Å². The van der Waals surface area contributed by atoms with E-state index in [1.807, 2.05) is 61.5 Å². The lowest BCUT2D eigenvalue weighted by atomic mass is 10.1. The van der Waals surface area contributed by atoms with Gasteiger partial charge in [-0.1, -0.05) is 48.5 Å². The van der Waals surface area contributed by atoms with E-state index in [1.165, 1.54) is 0 Å². The number of rotatable bonds is 10. The Balaban J connectivity index is 1.67. The number of anilines is 1. The molecule has 1 unspecified atom stereocenters. The van der Waals surface area contributed by atoms with Crippen LogP contribution in [-0.2, 0) is 21.4 Å². The smallest absolute Gasteiger partial charge is 0.241 e. The lowest BCUT2D eigenvalue weighted by molar-refractivity contribution is -0.120. The highest BCUT2D eigenvalue weighted by atomic mass is 32.2. The zero-order valence-corrected chi connectivity index (χ0v) is 19.7. The molecule has 0 saturated heterocycles. The van der Waals surface area contributed by atoms with Gasteiger partial charge in [-0.2, -0.15) is 0 Å². The molecule has 0 aliphatic rings. The summed E-state index contributed by atoms with van der Waals surface area (Å²) in [7, 11) is -2.13. The quantitative estimate of drug-likeness (QED) is 0.488. The number of amides is 1. The molecule has 0 radical (unpaired) electrons. The van der Waals surface area contributed by atoms with Crippen LogP contribution in [0.2, 0.25) is 0 Å². The highest BCUT2D eigenvalue weighted by Gasteiger charge is 2.22. The lowest BCUT2D eigenvalue weighted by Gasteiger charge is -2.24. The van der Waals surface area contributed by atoms with Crippen molar-refractivity contribution in [3.05, 3.63) is 90.0 Å². The van der Waals surface area contributed by atoms with E-state index in [9.17, 15) is 13.2 Å². The first-order chi connectivity index (χ1) is 15.8. The van der Waals surface area contributed by atoms with E-state index < -0.39 is 15.9 Å². The van der Waals surface area contributed by atoms with Crippen molar-refractivity contribution in [2.75, 3.05) is 24.2 Å². The second-order valence-corrected chi connectivity index (χ2v) is 9.48. The highest BCUT2D eigenvalue weighted by Crippen LogP contribution is 2.25. The Kier molecular flexibility index (Phi) is 7.95. The van der Waals surface area contributed by atoms with Crippen LogP contribution in [0.1, 0.15) is 24.1 Å². The molecule has 0 heterocycles. The number of nitrogens with zero attached hydrogens (tertiary/aromatic N) is 1. The lowest BCUT2D eigenvalue weighted by Crippen LogP contribution is -2.41. The number of carbonyl (C=O) groups excluding carboxylic acids is 1. The second-order valence-electron chi connectivity index (χ2n) is 7.57. The van der Waals surface area contributed by atoms with Gasteiger partial charge in [0.05, 0.1) is 25.1 Å². The zero-order valence-electron chi connectivity index (χ0n) is 18.9. The first kappa shape index (κ1) is 24.1. The molecule has 3 aromatic rings. The Bertz CT molecular complexity index is 1160. The Morgan fingerprint density at radius 3 is 2.24 bits per heavy atom. The Morgan fingerprint density at radius 2 is 1.61 bits per heavy atom. The minimum absolute atomic E-state index is 0.345. The van der Waals surface area contributed by atoms with Gasteiger partial charge in [0.2, 0.25) is 15.9 Å². The van der Waals surface area contributed by atoms with Crippen LogP contribution in [0.15, 0.2) is 78.9 Å². The summed E-state index contributed by atoms with van der Waals surface area (Å²) in [5.74, 6) is 0.824. The monoisotopic (exact) mass is 468 g/mol. The van der Waals surface area contributed by atoms with E-state index in [2.05, 4.69) is 5.32 Å². The van der Waals surface area contributed by atoms with E-state index in [1.54, 1.807) is 31.4 Å². The third-order valence-corrected chi connectivity index (χ3v) is 6.18. The molecule has 3 aromatic carbocycles. The van der Waals surface area contributed by atoms with Gasteiger partial charge in [0.1, 0.15) is 24.7 Å². The van der Waals surface area contributed by atoms with E-state index in [0.717, 1.165) is 21.7 Å². The average molecular weight is 469 g/mol. The maximum atomic E-state index is 12.7. The summed E-state index contributed by atoms with van der Waals surface area (Å²) in [4.78, 5) is 12.7. The van der Waals surface area contributed by atoms with Crippen molar-refractivity contribution in [3.63, 3.8) is 0 Å². The zero-order chi connectivity index (χ0) is 23.8. The van der Waals surface area contributed by atoms with Gasteiger partial charge >= 0.3 is 0 Å². The first-order valence-corrected chi connectivity index (χ1v) is 12.3. The fraction of sp³-hybridized carbons (Fsp3) is 0.240. The van der Waals surface area contributed by atoms with Crippen LogP contribution in [-0.4, -0.2) is 34.2 Å². The third kappa shape index (κ3) is 6.73. The molecule has 0 saturated carbocycles. The topological polar surface area (TPSA) is 84.9 Å². The molecule has 7 nitrogen and oxygen atoms in total. The van der Waals surface area contributed by atoms with Crippen molar-refractivity contribution in [1.29, 1.82) is 0 Å². The van der Waals surface area contributed by atoms with Crippen molar-refractivity contribution in [2.24, 2.45) is 0 Å². The minimum Gasteiger partial charge on any atom is -0.496 e. The normalized spacial score (nSPS) is 12.0. The molecular formula is C25H28N2O5S. The molecule has 1 amide bonds. The molecule has 0 spiro atoms. The molecule has 33 heavy (non-hydrogen) atoms. The standard InChI is InChI=1S/C25H28N2O5S/c1-19(23-11-7-8-12-24(23)31-2)26-25(28)17-27(33(3,29)30)21-13-15-22(16-14-21)32-18-20-9-5-4-6-10-20/h4-16,19H,17-18H2,1-3H3,(H,26,28). The molecule has 1 N–H and O–H groups in total. The Hall–Kier alpha value is -3.52. The molecule has 3 rings (SSSR count). The number of ether oxygens (including phenoxy) is 2. The van der Waals surface area contributed by atoms with Gasteiger partial charge in [-0.25, -0.2) is 8.42 Å². The van der Waals surface area contributed by atoms with Crippen LogP contribution in [0.4, 0.5) is 5.69 Å². The molecule has 174 valence electrons. The predicted octanol–water partition coefficient (Wildman–Crippen LogP) is 3.92. The van der Waals surface area contributed by atoms with Crippen LogP contribution in [0.5, 0.6) is 11.5 Å². The molecule has 0 aromatic heterocycles. The highest BCUT2D eigenvalue weighted by molar-refractivity contribution is 7.92. The van der Waals surface area contributed by atoms with Gasteiger partial charge in [-0.05, 0) is 42.8 Å². The molecular weight excluding hydrogens is 440 g/mol. The summed E-state index contributed by atoms with van der Waals surface area (Å²) >= 11 is 0. The fourth-order valence-electron chi connectivity index (χ4n) is 3.37. The summed E-state index contributed by atoms with van der Waals surface area (Å²) in [6.07, 6.45) is 1.07. The Morgan fingerprint density at radius 1 is 0.970 bits per heavy atom. The number of benzene rings is 3. The van der Waals surface area contributed by atoms with Gasteiger partial charge in [-0.3, -0.25) is 9.10 Å². The van der Waals surface area contributed by atoms with Gasteiger partial charge in [-0.15, -0.1) is 0 Å². The van der Waals surface area contributed by atoms with E-state index >= 15 is 0 Å². The molecule has 8 heteroatoms. The second kappa shape index (κ2) is 10.9. The average Bonchev–Trinajstić information content (AvgIpc) is 2.81. The molecule has 1 atom stereocenters. The van der Waals surface area contributed by atoms with Crippen LogP contribution in [0.3, 0.4) is 0 Å². The summed E-state index contributed by atoms with van der Waals surface area (Å²) in [6.45, 7) is 1.88. The van der Waals surface area contributed by atoms with Gasteiger partial charge in [0, 0.05) is 5.56 Å². The van der Waals surface area contributed by atoms with Crippen molar-refractivity contribution in [1.82, 2.24) is 5.32 Å². The van der Waals surface area contributed by atoms with Crippen molar-refractivity contribution < 1.29 is 22.7 Å². The fourth-order valence-corrected chi connectivity index (χ4v) is 4.23. The number of hydrogen-bond donors (Lipinski definition) is 1. The first-order valence-electron chi connectivity index (χ1n) is 10.4.